The first-order valence-corrected chi connectivity index (χ1v) is 7.97. The zero-order valence-electron chi connectivity index (χ0n) is 14.1. The molecule has 0 bridgehead atoms. The molecule has 1 heterocycles. The van der Waals surface area contributed by atoms with Gasteiger partial charge in [-0.1, -0.05) is 6.07 Å². The van der Waals surface area contributed by atoms with Crippen LogP contribution in [0, 0.1) is 17.5 Å². The predicted molar refractivity (Wildman–Crippen MR) is 87.7 cm³/mol. The molecule has 0 spiro atoms. The smallest absolute Gasteiger partial charge is 0.255 e. The summed E-state index contributed by atoms with van der Waals surface area (Å²) in [4.78, 5) is 24.1. The third kappa shape index (κ3) is 3.97. The van der Waals surface area contributed by atoms with Crippen LogP contribution in [0.15, 0.2) is 30.3 Å². The molecule has 0 radical (unpaired) electrons. The van der Waals surface area contributed by atoms with Gasteiger partial charge in [0.25, 0.3) is 5.91 Å². The van der Waals surface area contributed by atoms with Gasteiger partial charge in [-0.25, -0.2) is 13.2 Å². The van der Waals surface area contributed by atoms with Crippen LogP contribution in [0.3, 0.4) is 0 Å². The topological polar surface area (TPSA) is 76.7 Å². The van der Waals surface area contributed by atoms with E-state index < -0.39 is 40.9 Å². The fourth-order valence-corrected chi connectivity index (χ4v) is 2.43. The molecule has 9 heteroatoms. The summed E-state index contributed by atoms with van der Waals surface area (Å²) in [5, 5.41) is 4.84. The molecule has 2 aromatic rings. The highest BCUT2D eigenvalue weighted by atomic mass is 19.2. The van der Waals surface area contributed by atoms with E-state index in [4.69, 9.17) is 9.47 Å². The molecule has 0 saturated heterocycles. The number of ether oxygens (including phenoxy) is 2. The largest absolute Gasteiger partial charge is 0.454 e. The number of carbonyl (C=O) groups excluding carboxylic acids is 2. The number of benzene rings is 2. The van der Waals surface area contributed by atoms with Crippen molar-refractivity contribution in [2.75, 3.05) is 6.79 Å². The normalized spacial score (nSPS) is 13.2. The van der Waals surface area contributed by atoms with E-state index in [2.05, 4.69) is 10.6 Å². The molecule has 6 nitrogen and oxygen atoms in total. The molecule has 0 aliphatic carbocycles. The molecule has 2 amide bonds. The Balaban J connectivity index is 1.57. The van der Waals surface area contributed by atoms with Crippen LogP contribution < -0.4 is 20.1 Å². The van der Waals surface area contributed by atoms with E-state index in [0.29, 0.717) is 17.6 Å². The Labute approximate surface area is 152 Å². The van der Waals surface area contributed by atoms with Crippen LogP contribution in [-0.4, -0.2) is 24.6 Å². The minimum Gasteiger partial charge on any atom is -0.454 e. The maximum Gasteiger partial charge on any atom is 0.255 e. The third-order valence-corrected chi connectivity index (χ3v) is 3.92. The van der Waals surface area contributed by atoms with E-state index in [0.717, 1.165) is 11.6 Å². The van der Waals surface area contributed by atoms with Crippen molar-refractivity contribution < 1.29 is 32.2 Å². The summed E-state index contributed by atoms with van der Waals surface area (Å²) in [5.41, 5.74) is 0.0575. The van der Waals surface area contributed by atoms with Crippen LogP contribution in [0.25, 0.3) is 0 Å². The van der Waals surface area contributed by atoms with Gasteiger partial charge in [-0.05, 0) is 36.8 Å². The highest BCUT2D eigenvalue weighted by molar-refractivity contribution is 5.97. The first-order chi connectivity index (χ1) is 12.9. The number of hydrogen-bond donors (Lipinski definition) is 2. The lowest BCUT2D eigenvalue weighted by Crippen LogP contribution is -2.44. The first-order valence-electron chi connectivity index (χ1n) is 7.97. The van der Waals surface area contributed by atoms with Crippen LogP contribution in [0.4, 0.5) is 13.2 Å². The van der Waals surface area contributed by atoms with E-state index in [9.17, 15) is 22.8 Å². The minimum atomic E-state index is -1.75. The maximum absolute atomic E-state index is 13.6. The van der Waals surface area contributed by atoms with E-state index in [1.807, 2.05) is 0 Å². The van der Waals surface area contributed by atoms with E-state index >= 15 is 0 Å². The average molecular weight is 380 g/mol. The van der Waals surface area contributed by atoms with Crippen LogP contribution in [0.1, 0.15) is 22.8 Å². The summed E-state index contributed by atoms with van der Waals surface area (Å²) in [6.07, 6.45) is 0. The summed E-state index contributed by atoms with van der Waals surface area (Å²) < 4.78 is 50.2. The molecule has 142 valence electrons. The Bertz CT molecular complexity index is 904. The summed E-state index contributed by atoms with van der Waals surface area (Å²) in [7, 11) is 0. The van der Waals surface area contributed by atoms with Crippen molar-refractivity contribution in [3.63, 3.8) is 0 Å². The van der Waals surface area contributed by atoms with Gasteiger partial charge in [0.2, 0.25) is 12.7 Å². The molecular formula is C18H15F3N2O4. The van der Waals surface area contributed by atoms with Crippen molar-refractivity contribution in [3.8, 4) is 11.5 Å². The highest BCUT2D eigenvalue weighted by Gasteiger charge is 2.22. The fraction of sp³-hybridized carbons (Fsp3) is 0.222. The van der Waals surface area contributed by atoms with E-state index in [-0.39, 0.29) is 13.3 Å². The minimum absolute atomic E-state index is 0.134. The zero-order valence-corrected chi connectivity index (χ0v) is 14.1. The molecule has 3 rings (SSSR count). The molecule has 0 saturated carbocycles. The Morgan fingerprint density at radius 3 is 2.59 bits per heavy atom. The summed E-state index contributed by atoms with van der Waals surface area (Å²) in [6, 6.07) is 5.58. The zero-order chi connectivity index (χ0) is 19.6. The van der Waals surface area contributed by atoms with Gasteiger partial charge in [-0.3, -0.25) is 9.59 Å². The van der Waals surface area contributed by atoms with Crippen molar-refractivity contribution in [1.29, 1.82) is 0 Å². The van der Waals surface area contributed by atoms with Crippen molar-refractivity contribution in [1.82, 2.24) is 10.6 Å². The van der Waals surface area contributed by atoms with Crippen molar-refractivity contribution in [2.45, 2.75) is 19.5 Å². The Morgan fingerprint density at radius 1 is 1.07 bits per heavy atom. The average Bonchev–Trinajstić information content (AvgIpc) is 3.11. The Morgan fingerprint density at radius 2 is 1.81 bits per heavy atom. The van der Waals surface area contributed by atoms with Gasteiger partial charge in [0.15, 0.2) is 29.0 Å². The number of halogens is 3. The van der Waals surface area contributed by atoms with Crippen LogP contribution in [-0.2, 0) is 11.3 Å². The lowest BCUT2D eigenvalue weighted by atomic mass is 10.1. The van der Waals surface area contributed by atoms with Gasteiger partial charge in [-0.2, -0.15) is 0 Å². The van der Waals surface area contributed by atoms with Gasteiger partial charge in [0.05, 0.1) is 5.56 Å². The van der Waals surface area contributed by atoms with E-state index in [1.54, 1.807) is 18.2 Å². The van der Waals surface area contributed by atoms with Crippen LogP contribution in [0.5, 0.6) is 11.5 Å². The Hall–Kier alpha value is -3.23. The molecule has 1 atom stereocenters. The standard InChI is InChI=1S/C18H15F3N2O4/c1-9(23-18(25)11-3-4-12(19)16(21)15(11)20)17(24)22-7-10-2-5-13-14(6-10)27-8-26-13/h2-6,9H,7-8H2,1H3,(H,22,24)(H,23,25)/t9-/m1/s1. The van der Waals surface area contributed by atoms with E-state index in [1.165, 1.54) is 6.92 Å². The number of amides is 2. The van der Waals surface area contributed by atoms with Crippen molar-refractivity contribution >= 4 is 11.8 Å². The van der Waals surface area contributed by atoms with Gasteiger partial charge in [-0.15, -0.1) is 0 Å². The molecular weight excluding hydrogens is 365 g/mol. The first kappa shape index (κ1) is 18.6. The number of nitrogens with one attached hydrogen (secondary N) is 2. The lowest BCUT2D eigenvalue weighted by Gasteiger charge is -2.15. The lowest BCUT2D eigenvalue weighted by molar-refractivity contribution is -0.122. The molecule has 0 unspecified atom stereocenters. The fourth-order valence-electron chi connectivity index (χ4n) is 2.43. The summed E-state index contributed by atoms with van der Waals surface area (Å²) in [6.45, 7) is 1.68. The summed E-state index contributed by atoms with van der Waals surface area (Å²) >= 11 is 0. The number of fused-ring (bicyclic) bond motifs is 1. The van der Waals surface area contributed by atoms with Gasteiger partial charge >= 0.3 is 0 Å². The molecule has 2 aromatic carbocycles. The predicted octanol–water partition coefficient (Wildman–Crippen LogP) is 2.27. The summed E-state index contributed by atoms with van der Waals surface area (Å²) in [5.74, 6) is -5.15. The highest BCUT2D eigenvalue weighted by Crippen LogP contribution is 2.32. The maximum atomic E-state index is 13.6. The van der Waals surface area contributed by atoms with Crippen LogP contribution >= 0.6 is 0 Å². The van der Waals surface area contributed by atoms with Gasteiger partial charge in [0.1, 0.15) is 6.04 Å². The SMILES string of the molecule is C[C@@H](NC(=O)c1ccc(F)c(F)c1F)C(=O)NCc1ccc2c(c1)OCO2. The molecule has 2 N–H and O–H groups in total. The van der Waals surface area contributed by atoms with Gasteiger partial charge < -0.3 is 20.1 Å². The molecule has 27 heavy (non-hydrogen) atoms. The van der Waals surface area contributed by atoms with Crippen molar-refractivity contribution in [2.24, 2.45) is 0 Å². The van der Waals surface area contributed by atoms with Gasteiger partial charge in [0, 0.05) is 6.54 Å². The molecule has 1 aliphatic heterocycles. The number of carbonyl (C=O) groups is 2. The Kier molecular flexibility index (Phi) is 5.20. The second-order valence-electron chi connectivity index (χ2n) is 5.82. The molecule has 1 aliphatic rings. The van der Waals surface area contributed by atoms with Crippen LogP contribution in [0.2, 0.25) is 0 Å². The number of hydrogen-bond acceptors (Lipinski definition) is 4. The monoisotopic (exact) mass is 380 g/mol. The number of rotatable bonds is 5. The molecule has 0 fully saturated rings. The second-order valence-corrected chi connectivity index (χ2v) is 5.82. The quantitative estimate of drug-likeness (QED) is 0.781. The van der Waals surface area contributed by atoms with Crippen molar-refractivity contribution in [3.05, 3.63) is 58.9 Å². The molecule has 0 aromatic heterocycles. The third-order valence-electron chi connectivity index (χ3n) is 3.92. The second kappa shape index (κ2) is 7.56.